The topological polar surface area (TPSA) is 70.2 Å². The molecule has 0 bridgehead atoms. The highest BCUT2D eigenvalue weighted by Crippen LogP contribution is 2.17. The van der Waals surface area contributed by atoms with E-state index in [1.165, 1.54) is 32.1 Å². The maximum atomic E-state index is 12.4. The number of nitrogens with one attached hydrogen (secondary N) is 3. The summed E-state index contributed by atoms with van der Waals surface area (Å²) in [7, 11) is 0. The Morgan fingerprint density at radius 3 is 2.20 bits per heavy atom. The predicted molar refractivity (Wildman–Crippen MR) is 101 cm³/mol. The van der Waals surface area contributed by atoms with Crippen molar-refractivity contribution >= 4 is 11.9 Å². The van der Waals surface area contributed by atoms with Crippen LogP contribution in [0.1, 0.15) is 74.7 Å². The van der Waals surface area contributed by atoms with E-state index >= 15 is 0 Å². The maximum absolute atomic E-state index is 12.4. The summed E-state index contributed by atoms with van der Waals surface area (Å²) >= 11 is 0. The van der Waals surface area contributed by atoms with Crippen molar-refractivity contribution in [3.63, 3.8) is 0 Å². The van der Waals surface area contributed by atoms with Crippen molar-refractivity contribution in [1.82, 2.24) is 16.0 Å². The molecular formula is C20H31N3O2. The summed E-state index contributed by atoms with van der Waals surface area (Å²) in [4.78, 5) is 24.0. The van der Waals surface area contributed by atoms with Gasteiger partial charge in [-0.25, -0.2) is 4.79 Å². The lowest BCUT2D eigenvalue weighted by Gasteiger charge is -2.21. The van der Waals surface area contributed by atoms with Gasteiger partial charge in [-0.15, -0.1) is 0 Å². The second-order valence-electron chi connectivity index (χ2n) is 7.19. The number of carbonyl (C=O) groups is 2. The largest absolute Gasteiger partial charge is 0.349 e. The van der Waals surface area contributed by atoms with Crippen molar-refractivity contribution in [1.29, 1.82) is 0 Å². The highest BCUT2D eigenvalue weighted by Gasteiger charge is 2.15. The molecule has 0 unspecified atom stereocenters. The fourth-order valence-electron chi connectivity index (χ4n) is 3.14. The molecule has 0 aromatic heterocycles. The summed E-state index contributed by atoms with van der Waals surface area (Å²) in [6, 6.07) is 7.67. The molecule has 0 heterocycles. The van der Waals surface area contributed by atoms with E-state index in [0.29, 0.717) is 18.2 Å². The first-order chi connectivity index (χ1) is 12.0. The molecule has 0 radical (unpaired) electrons. The third kappa shape index (κ3) is 7.16. The molecule has 1 aromatic rings. The minimum Gasteiger partial charge on any atom is -0.349 e. The van der Waals surface area contributed by atoms with Gasteiger partial charge in [-0.3, -0.25) is 4.79 Å². The molecule has 1 aromatic carbocycles. The molecule has 5 heteroatoms. The molecule has 0 saturated heterocycles. The molecule has 1 aliphatic rings. The monoisotopic (exact) mass is 345 g/mol. The van der Waals surface area contributed by atoms with Crippen LogP contribution in [0.3, 0.4) is 0 Å². The van der Waals surface area contributed by atoms with Crippen LogP contribution < -0.4 is 16.0 Å². The summed E-state index contributed by atoms with van der Waals surface area (Å²) < 4.78 is 0. The van der Waals surface area contributed by atoms with Crippen molar-refractivity contribution in [3.8, 4) is 0 Å². The minimum atomic E-state index is -0.180. The van der Waals surface area contributed by atoms with Gasteiger partial charge in [0, 0.05) is 24.2 Å². The average molecular weight is 345 g/mol. The zero-order valence-corrected chi connectivity index (χ0v) is 15.4. The van der Waals surface area contributed by atoms with Crippen molar-refractivity contribution < 1.29 is 9.59 Å². The van der Waals surface area contributed by atoms with Gasteiger partial charge in [-0.1, -0.05) is 44.2 Å². The summed E-state index contributed by atoms with van der Waals surface area (Å²) in [5.41, 5.74) is 1.65. The molecule has 1 fully saturated rings. The Balaban J connectivity index is 1.81. The predicted octanol–water partition coefficient (Wildman–Crippen LogP) is 3.74. The Hall–Kier alpha value is -2.04. The molecule has 1 aliphatic carbocycles. The van der Waals surface area contributed by atoms with Crippen LogP contribution in [0.15, 0.2) is 24.3 Å². The van der Waals surface area contributed by atoms with Gasteiger partial charge in [0.15, 0.2) is 0 Å². The Morgan fingerprint density at radius 2 is 1.60 bits per heavy atom. The van der Waals surface area contributed by atoms with Crippen molar-refractivity contribution in [2.24, 2.45) is 0 Å². The summed E-state index contributed by atoms with van der Waals surface area (Å²) in [5.74, 6) is 0.00244. The standard InChI is InChI=1S/C20H31N3O2/c1-15(2)22-20(25)21-14-16-10-12-17(13-11-16)19(24)23-18-8-6-4-3-5-7-9-18/h10-13,15,18H,3-9,14H2,1-2H3,(H,23,24)(H2,21,22,25). The van der Waals surface area contributed by atoms with Crippen LogP contribution >= 0.6 is 0 Å². The Labute approximate surface area is 151 Å². The quantitative estimate of drug-likeness (QED) is 0.761. The van der Waals surface area contributed by atoms with E-state index in [2.05, 4.69) is 16.0 Å². The fourth-order valence-corrected chi connectivity index (χ4v) is 3.14. The molecule has 1 saturated carbocycles. The van der Waals surface area contributed by atoms with Gasteiger partial charge < -0.3 is 16.0 Å². The van der Waals surface area contributed by atoms with E-state index in [4.69, 9.17) is 0 Å². The van der Waals surface area contributed by atoms with Gasteiger partial charge in [0.2, 0.25) is 0 Å². The highest BCUT2D eigenvalue weighted by atomic mass is 16.2. The number of carbonyl (C=O) groups excluding carboxylic acids is 2. The molecular weight excluding hydrogens is 314 g/mol. The fraction of sp³-hybridized carbons (Fsp3) is 0.600. The zero-order valence-electron chi connectivity index (χ0n) is 15.4. The average Bonchev–Trinajstić information content (AvgIpc) is 2.55. The van der Waals surface area contributed by atoms with Gasteiger partial charge in [0.05, 0.1) is 0 Å². The molecule has 3 N–H and O–H groups in total. The van der Waals surface area contributed by atoms with Crippen molar-refractivity contribution in [3.05, 3.63) is 35.4 Å². The maximum Gasteiger partial charge on any atom is 0.315 e. The van der Waals surface area contributed by atoms with Crippen LogP contribution in [0.2, 0.25) is 0 Å². The SMILES string of the molecule is CC(C)NC(=O)NCc1ccc(C(=O)NC2CCCCCCC2)cc1. The summed E-state index contributed by atoms with van der Waals surface area (Å²) in [6.45, 7) is 4.29. The van der Waals surface area contributed by atoms with Gasteiger partial charge in [-0.05, 0) is 44.4 Å². The first-order valence-corrected chi connectivity index (χ1v) is 9.49. The summed E-state index contributed by atoms with van der Waals surface area (Å²) in [5, 5.41) is 8.77. The number of benzene rings is 1. The van der Waals surface area contributed by atoms with Crippen LogP contribution in [0.25, 0.3) is 0 Å². The second kappa shape index (κ2) is 10.1. The van der Waals surface area contributed by atoms with E-state index in [0.717, 1.165) is 18.4 Å². The lowest BCUT2D eigenvalue weighted by molar-refractivity contribution is 0.0930. The zero-order chi connectivity index (χ0) is 18.1. The van der Waals surface area contributed by atoms with E-state index in [9.17, 15) is 9.59 Å². The van der Waals surface area contributed by atoms with Crippen LogP contribution in [0.5, 0.6) is 0 Å². The molecule has 25 heavy (non-hydrogen) atoms. The van der Waals surface area contributed by atoms with E-state index in [1.54, 1.807) is 0 Å². The van der Waals surface area contributed by atoms with Crippen LogP contribution in [-0.2, 0) is 6.54 Å². The number of rotatable bonds is 5. The molecule has 0 atom stereocenters. The molecule has 2 rings (SSSR count). The smallest absolute Gasteiger partial charge is 0.315 e. The van der Waals surface area contributed by atoms with E-state index in [-0.39, 0.29) is 18.0 Å². The molecule has 0 aliphatic heterocycles. The van der Waals surface area contributed by atoms with Gasteiger partial charge in [-0.2, -0.15) is 0 Å². The molecule has 138 valence electrons. The Morgan fingerprint density at radius 1 is 1.00 bits per heavy atom. The summed E-state index contributed by atoms with van der Waals surface area (Å²) in [6.07, 6.45) is 8.45. The second-order valence-corrected chi connectivity index (χ2v) is 7.19. The van der Waals surface area contributed by atoms with Gasteiger partial charge in [0.25, 0.3) is 5.91 Å². The minimum absolute atomic E-state index is 0.00244. The van der Waals surface area contributed by atoms with Crippen LogP contribution in [0, 0.1) is 0 Å². The third-order valence-electron chi connectivity index (χ3n) is 4.53. The highest BCUT2D eigenvalue weighted by molar-refractivity contribution is 5.94. The Bertz CT molecular complexity index is 547. The number of hydrogen-bond acceptors (Lipinski definition) is 2. The van der Waals surface area contributed by atoms with Crippen molar-refractivity contribution in [2.45, 2.75) is 77.4 Å². The third-order valence-corrected chi connectivity index (χ3v) is 4.53. The lowest BCUT2D eigenvalue weighted by Crippen LogP contribution is -2.39. The van der Waals surface area contributed by atoms with Crippen molar-refractivity contribution in [2.75, 3.05) is 0 Å². The van der Waals surface area contributed by atoms with Gasteiger partial charge >= 0.3 is 6.03 Å². The van der Waals surface area contributed by atoms with Crippen LogP contribution in [-0.4, -0.2) is 24.0 Å². The molecule has 0 spiro atoms. The molecule has 5 nitrogen and oxygen atoms in total. The normalized spacial score (nSPS) is 16.0. The lowest BCUT2D eigenvalue weighted by atomic mass is 9.96. The van der Waals surface area contributed by atoms with E-state index < -0.39 is 0 Å². The molecule has 3 amide bonds. The number of urea groups is 1. The van der Waals surface area contributed by atoms with Gasteiger partial charge in [0.1, 0.15) is 0 Å². The first-order valence-electron chi connectivity index (χ1n) is 9.49. The van der Waals surface area contributed by atoms with E-state index in [1.807, 2.05) is 38.1 Å². The first kappa shape index (κ1) is 19.3. The number of amides is 3. The number of hydrogen-bond donors (Lipinski definition) is 3. The van der Waals surface area contributed by atoms with Crippen LogP contribution in [0.4, 0.5) is 4.79 Å². The Kier molecular flexibility index (Phi) is 7.76.